The number of carbonyl (C=O) groups excluding carboxylic acids is 3. The molecule has 3 rings (SSSR count). The average Bonchev–Trinajstić information content (AvgIpc) is 3.12. The van der Waals surface area contributed by atoms with Gasteiger partial charge in [-0.25, -0.2) is 4.79 Å². The van der Waals surface area contributed by atoms with Crippen LogP contribution in [0.3, 0.4) is 0 Å². The Labute approximate surface area is 158 Å². The second kappa shape index (κ2) is 8.45. The topological polar surface area (TPSA) is 63.7 Å². The number of ether oxygens (including phenoxy) is 1. The number of hydrogen-bond donors (Lipinski definition) is 0. The Balaban J connectivity index is 1.58. The highest BCUT2D eigenvalue weighted by Gasteiger charge is 2.21. The number of nitrogens with zero attached hydrogens (tertiary/aromatic N) is 1. The molecule has 0 atom stereocenters. The maximum absolute atomic E-state index is 12.0. The van der Waals surface area contributed by atoms with Gasteiger partial charge in [0.25, 0.3) is 0 Å². The van der Waals surface area contributed by atoms with E-state index in [9.17, 15) is 14.4 Å². The van der Waals surface area contributed by atoms with Gasteiger partial charge in [-0.15, -0.1) is 0 Å². The SMILES string of the molecule is CCC(=O)c1ccc(OC(=O)/C=C/c2ccc(N3CCCC3=O)cc2)cc1. The average molecular weight is 363 g/mol. The summed E-state index contributed by atoms with van der Waals surface area (Å²) in [5.74, 6) is 0.0870. The van der Waals surface area contributed by atoms with Crippen molar-refractivity contribution >= 4 is 29.4 Å². The third-order valence-electron chi connectivity index (χ3n) is 4.41. The van der Waals surface area contributed by atoms with Gasteiger partial charge < -0.3 is 9.64 Å². The molecule has 1 fully saturated rings. The summed E-state index contributed by atoms with van der Waals surface area (Å²) in [5.41, 5.74) is 2.31. The Hall–Kier alpha value is -3.21. The third kappa shape index (κ3) is 4.70. The lowest BCUT2D eigenvalue weighted by Gasteiger charge is -2.15. The molecule has 27 heavy (non-hydrogen) atoms. The maximum atomic E-state index is 12.0. The standard InChI is InChI=1S/C22H21NO4/c1-2-20(24)17-8-12-19(13-9-17)27-22(26)14-7-16-5-10-18(11-6-16)23-15-3-4-21(23)25/h5-14H,2-4,15H2,1H3/b14-7+. The van der Waals surface area contributed by atoms with E-state index in [1.54, 1.807) is 42.2 Å². The first-order valence-electron chi connectivity index (χ1n) is 9.00. The van der Waals surface area contributed by atoms with E-state index in [0.29, 0.717) is 24.2 Å². The number of carbonyl (C=O) groups is 3. The Kier molecular flexibility index (Phi) is 5.81. The highest BCUT2D eigenvalue weighted by Crippen LogP contribution is 2.22. The lowest BCUT2D eigenvalue weighted by atomic mass is 10.1. The minimum absolute atomic E-state index is 0.0480. The number of anilines is 1. The summed E-state index contributed by atoms with van der Waals surface area (Å²) in [7, 11) is 0. The largest absolute Gasteiger partial charge is 0.423 e. The van der Waals surface area contributed by atoms with Crippen molar-refractivity contribution < 1.29 is 19.1 Å². The second-order valence-electron chi connectivity index (χ2n) is 6.30. The van der Waals surface area contributed by atoms with Gasteiger partial charge in [-0.05, 0) is 54.5 Å². The summed E-state index contributed by atoms with van der Waals surface area (Å²) in [6, 6.07) is 14.0. The van der Waals surface area contributed by atoms with Crippen molar-refractivity contribution in [3.8, 4) is 5.75 Å². The van der Waals surface area contributed by atoms with Crippen LogP contribution in [0.15, 0.2) is 54.6 Å². The normalized spacial score (nSPS) is 14.0. The van der Waals surface area contributed by atoms with Crippen molar-refractivity contribution in [3.05, 3.63) is 65.7 Å². The van der Waals surface area contributed by atoms with Gasteiger partial charge in [-0.3, -0.25) is 9.59 Å². The molecule has 0 spiro atoms. The van der Waals surface area contributed by atoms with Crippen molar-refractivity contribution in [2.75, 3.05) is 11.4 Å². The molecule has 5 nitrogen and oxygen atoms in total. The zero-order valence-corrected chi connectivity index (χ0v) is 15.2. The molecular weight excluding hydrogens is 342 g/mol. The van der Waals surface area contributed by atoms with Gasteiger partial charge in [0.2, 0.25) is 5.91 Å². The Morgan fingerprint density at radius 1 is 1.07 bits per heavy atom. The van der Waals surface area contributed by atoms with Gasteiger partial charge in [-0.2, -0.15) is 0 Å². The van der Waals surface area contributed by atoms with Crippen molar-refractivity contribution in [3.63, 3.8) is 0 Å². The summed E-state index contributed by atoms with van der Waals surface area (Å²) in [5, 5.41) is 0. The maximum Gasteiger partial charge on any atom is 0.336 e. The second-order valence-corrected chi connectivity index (χ2v) is 6.30. The van der Waals surface area contributed by atoms with Crippen LogP contribution in [-0.2, 0) is 9.59 Å². The zero-order valence-electron chi connectivity index (χ0n) is 15.2. The first-order chi connectivity index (χ1) is 13.1. The molecule has 2 aromatic rings. The van der Waals surface area contributed by atoms with Gasteiger partial charge in [0.05, 0.1) is 0 Å². The minimum atomic E-state index is -0.497. The van der Waals surface area contributed by atoms with Gasteiger partial charge in [0.1, 0.15) is 5.75 Å². The van der Waals surface area contributed by atoms with Crippen LogP contribution in [0.4, 0.5) is 5.69 Å². The van der Waals surface area contributed by atoms with E-state index in [1.165, 1.54) is 6.08 Å². The minimum Gasteiger partial charge on any atom is -0.423 e. The van der Waals surface area contributed by atoms with Gasteiger partial charge in [0, 0.05) is 36.7 Å². The third-order valence-corrected chi connectivity index (χ3v) is 4.41. The molecule has 0 aliphatic carbocycles. The van der Waals surface area contributed by atoms with E-state index in [-0.39, 0.29) is 11.7 Å². The zero-order chi connectivity index (χ0) is 19.2. The summed E-state index contributed by atoms with van der Waals surface area (Å²) in [4.78, 5) is 37.1. The molecule has 1 aliphatic rings. The van der Waals surface area contributed by atoms with Gasteiger partial charge in [0.15, 0.2) is 5.78 Å². The fourth-order valence-corrected chi connectivity index (χ4v) is 2.91. The number of esters is 1. The van der Waals surface area contributed by atoms with Crippen LogP contribution < -0.4 is 9.64 Å². The molecule has 0 radical (unpaired) electrons. The first-order valence-corrected chi connectivity index (χ1v) is 9.00. The van der Waals surface area contributed by atoms with Crippen LogP contribution in [0.5, 0.6) is 5.75 Å². The summed E-state index contributed by atoms with van der Waals surface area (Å²) in [6.45, 7) is 2.56. The number of rotatable bonds is 6. The van der Waals surface area contributed by atoms with Crippen LogP contribution in [0, 0.1) is 0 Å². The molecule has 0 aromatic heterocycles. The van der Waals surface area contributed by atoms with E-state index in [0.717, 1.165) is 24.2 Å². The highest BCUT2D eigenvalue weighted by molar-refractivity contribution is 5.96. The fraction of sp³-hybridized carbons (Fsp3) is 0.227. The number of hydrogen-bond acceptors (Lipinski definition) is 4. The number of benzene rings is 2. The van der Waals surface area contributed by atoms with E-state index in [2.05, 4.69) is 0 Å². The quantitative estimate of drug-likeness (QED) is 0.336. The van der Waals surface area contributed by atoms with Crippen LogP contribution in [0.25, 0.3) is 6.08 Å². The van der Waals surface area contributed by atoms with Gasteiger partial charge >= 0.3 is 5.97 Å². The molecular formula is C22H21NO4. The van der Waals surface area contributed by atoms with E-state index >= 15 is 0 Å². The fourth-order valence-electron chi connectivity index (χ4n) is 2.91. The highest BCUT2D eigenvalue weighted by atomic mass is 16.5. The van der Waals surface area contributed by atoms with E-state index < -0.39 is 5.97 Å². The van der Waals surface area contributed by atoms with E-state index in [1.807, 2.05) is 24.3 Å². The van der Waals surface area contributed by atoms with Crippen molar-refractivity contribution in [1.29, 1.82) is 0 Å². The molecule has 1 aliphatic heterocycles. The van der Waals surface area contributed by atoms with Crippen LogP contribution in [0.1, 0.15) is 42.1 Å². The van der Waals surface area contributed by atoms with Crippen molar-refractivity contribution in [1.82, 2.24) is 0 Å². The van der Waals surface area contributed by atoms with Crippen molar-refractivity contribution in [2.45, 2.75) is 26.2 Å². The van der Waals surface area contributed by atoms with Crippen LogP contribution in [0.2, 0.25) is 0 Å². The smallest absolute Gasteiger partial charge is 0.336 e. The molecule has 1 amide bonds. The first kappa shape index (κ1) is 18.6. The Morgan fingerprint density at radius 2 is 1.78 bits per heavy atom. The Bertz CT molecular complexity index is 866. The number of ketones is 1. The summed E-state index contributed by atoms with van der Waals surface area (Å²) in [6.07, 6.45) is 4.93. The monoisotopic (exact) mass is 363 g/mol. The lowest BCUT2D eigenvalue weighted by Crippen LogP contribution is -2.23. The molecule has 0 N–H and O–H groups in total. The molecule has 0 unspecified atom stereocenters. The summed E-state index contributed by atoms with van der Waals surface area (Å²) < 4.78 is 5.23. The van der Waals surface area contributed by atoms with Gasteiger partial charge in [-0.1, -0.05) is 19.1 Å². The molecule has 1 heterocycles. The molecule has 0 bridgehead atoms. The van der Waals surface area contributed by atoms with Crippen LogP contribution in [-0.4, -0.2) is 24.2 Å². The summed E-state index contributed by atoms with van der Waals surface area (Å²) >= 11 is 0. The van der Waals surface area contributed by atoms with Crippen molar-refractivity contribution in [2.24, 2.45) is 0 Å². The molecule has 2 aromatic carbocycles. The number of amides is 1. The molecule has 5 heteroatoms. The molecule has 1 saturated heterocycles. The molecule has 0 saturated carbocycles. The van der Waals surface area contributed by atoms with E-state index in [4.69, 9.17) is 4.74 Å². The predicted molar refractivity (Wildman–Crippen MR) is 104 cm³/mol. The number of Topliss-reactive ketones (excluding diaryl/α,β-unsaturated/α-hetero) is 1. The van der Waals surface area contributed by atoms with Crippen LogP contribution >= 0.6 is 0 Å². The lowest BCUT2D eigenvalue weighted by molar-refractivity contribution is -0.128. The Morgan fingerprint density at radius 3 is 2.37 bits per heavy atom. The molecule has 138 valence electrons. The predicted octanol–water partition coefficient (Wildman–Crippen LogP) is 4.02.